The first kappa shape index (κ1) is 36.2. The summed E-state index contributed by atoms with van der Waals surface area (Å²) in [5, 5.41) is 12.4. The molecule has 2 heterocycles. The number of amides is 2. The van der Waals surface area contributed by atoms with Gasteiger partial charge in [-0.05, 0) is 60.2 Å². The van der Waals surface area contributed by atoms with Crippen LogP contribution in [0.1, 0.15) is 80.3 Å². The highest BCUT2D eigenvalue weighted by molar-refractivity contribution is 5.97. The summed E-state index contributed by atoms with van der Waals surface area (Å²) in [7, 11) is 0. The summed E-state index contributed by atoms with van der Waals surface area (Å²) in [5.41, 5.74) is 5.20. The maximum absolute atomic E-state index is 13.7. The van der Waals surface area contributed by atoms with Crippen molar-refractivity contribution in [2.75, 3.05) is 19.7 Å². The second-order valence-electron chi connectivity index (χ2n) is 13.1. The number of likely N-dealkylation sites (tertiary alicyclic amines) is 1. The minimum Gasteiger partial charge on any atom is -0.494 e. The average molecular weight is 677 g/mol. The minimum absolute atomic E-state index is 0.135. The highest BCUT2D eigenvalue weighted by atomic mass is 16.5. The molecule has 1 fully saturated rings. The molecule has 262 valence electrons. The second-order valence-corrected chi connectivity index (χ2v) is 13.1. The largest absolute Gasteiger partial charge is 0.494 e. The SMILES string of the molecule is CCCCCCCOc1ccc(-c2cnc(-c3ccc(CC(NC(=O)c4ccc(CCC)cc4)C(=O)N4CCC(C(=O)O)C4)cc3)nc2)cc1. The molecule has 0 saturated carbocycles. The van der Waals surface area contributed by atoms with Crippen molar-refractivity contribution in [1.82, 2.24) is 20.2 Å². The van der Waals surface area contributed by atoms with Crippen LogP contribution >= 0.6 is 0 Å². The Morgan fingerprint density at radius 2 is 1.48 bits per heavy atom. The average Bonchev–Trinajstić information content (AvgIpc) is 3.65. The summed E-state index contributed by atoms with van der Waals surface area (Å²) >= 11 is 0. The first-order valence-corrected chi connectivity index (χ1v) is 17.9. The van der Waals surface area contributed by atoms with Crippen molar-refractivity contribution >= 4 is 17.8 Å². The number of unbranched alkanes of at least 4 members (excludes halogenated alkanes) is 4. The van der Waals surface area contributed by atoms with Crippen LogP contribution in [0.2, 0.25) is 0 Å². The molecule has 2 atom stereocenters. The number of benzene rings is 3. The van der Waals surface area contributed by atoms with E-state index in [0.29, 0.717) is 24.4 Å². The van der Waals surface area contributed by atoms with E-state index in [-0.39, 0.29) is 24.8 Å². The zero-order valence-corrected chi connectivity index (χ0v) is 29.1. The lowest BCUT2D eigenvalue weighted by Gasteiger charge is -2.24. The van der Waals surface area contributed by atoms with Crippen molar-refractivity contribution in [2.45, 2.75) is 77.7 Å². The maximum Gasteiger partial charge on any atom is 0.308 e. The molecule has 1 aliphatic rings. The summed E-state index contributed by atoms with van der Waals surface area (Å²) in [6, 6.07) is 22.2. The Bertz CT molecular complexity index is 1690. The van der Waals surface area contributed by atoms with Crippen LogP contribution in [0, 0.1) is 5.92 Å². The second kappa shape index (κ2) is 18.1. The molecule has 0 bridgehead atoms. The number of hydrogen-bond acceptors (Lipinski definition) is 6. The lowest BCUT2D eigenvalue weighted by Crippen LogP contribution is -2.49. The Kier molecular flexibility index (Phi) is 13.1. The summed E-state index contributed by atoms with van der Waals surface area (Å²) in [4.78, 5) is 49.3. The van der Waals surface area contributed by atoms with Crippen molar-refractivity contribution < 1.29 is 24.2 Å². The molecule has 0 spiro atoms. The molecule has 2 N–H and O–H groups in total. The standard InChI is InChI=1S/C41H48N4O5/c1-3-5-6-7-8-24-50-36-20-18-31(19-21-36)35-26-42-38(43-27-35)32-14-12-30(13-15-32)25-37(40(47)45-23-22-34(28-45)41(48)49)44-39(46)33-16-10-29(9-4-2)11-17-33/h10-21,26-27,34,37H,3-9,22-25,28H2,1-2H3,(H,44,46)(H,48,49). The minimum atomic E-state index is -0.912. The lowest BCUT2D eigenvalue weighted by atomic mass is 10.0. The molecular formula is C41H48N4O5. The smallest absolute Gasteiger partial charge is 0.308 e. The molecule has 2 amide bonds. The van der Waals surface area contributed by atoms with E-state index in [1.54, 1.807) is 29.4 Å². The van der Waals surface area contributed by atoms with Crippen molar-refractivity contribution in [3.63, 3.8) is 0 Å². The fraction of sp³-hybridized carbons (Fsp3) is 0.390. The van der Waals surface area contributed by atoms with Gasteiger partial charge in [0.1, 0.15) is 11.8 Å². The van der Waals surface area contributed by atoms with Gasteiger partial charge in [-0.3, -0.25) is 14.4 Å². The van der Waals surface area contributed by atoms with Gasteiger partial charge in [0.15, 0.2) is 5.82 Å². The number of hydrogen-bond donors (Lipinski definition) is 2. The third-order valence-electron chi connectivity index (χ3n) is 9.22. The maximum atomic E-state index is 13.7. The van der Waals surface area contributed by atoms with E-state index in [0.717, 1.165) is 59.4 Å². The third kappa shape index (κ3) is 10.00. The van der Waals surface area contributed by atoms with E-state index in [4.69, 9.17) is 4.74 Å². The lowest BCUT2D eigenvalue weighted by molar-refractivity contribution is -0.141. The molecule has 0 radical (unpaired) electrons. The Morgan fingerprint density at radius 1 is 0.820 bits per heavy atom. The van der Waals surface area contributed by atoms with E-state index in [2.05, 4.69) is 29.1 Å². The molecule has 2 unspecified atom stereocenters. The first-order valence-electron chi connectivity index (χ1n) is 17.9. The van der Waals surface area contributed by atoms with Gasteiger partial charge in [0.2, 0.25) is 5.91 Å². The Balaban J connectivity index is 1.22. The molecule has 9 heteroatoms. The first-order chi connectivity index (χ1) is 24.3. The van der Waals surface area contributed by atoms with Gasteiger partial charge in [-0.25, -0.2) is 9.97 Å². The highest BCUT2D eigenvalue weighted by Gasteiger charge is 2.35. The Hall–Kier alpha value is -5.05. The van der Waals surface area contributed by atoms with Crippen molar-refractivity contribution in [1.29, 1.82) is 0 Å². The van der Waals surface area contributed by atoms with Gasteiger partial charge in [-0.1, -0.05) is 94.5 Å². The zero-order valence-electron chi connectivity index (χ0n) is 29.1. The van der Waals surface area contributed by atoms with Gasteiger partial charge in [-0.2, -0.15) is 0 Å². The number of carbonyl (C=O) groups is 3. The van der Waals surface area contributed by atoms with Crippen LogP contribution in [-0.4, -0.2) is 63.5 Å². The summed E-state index contributed by atoms with van der Waals surface area (Å²) in [6.07, 6.45) is 12.2. The molecule has 1 saturated heterocycles. The number of carbonyl (C=O) groups excluding carboxylic acids is 2. The van der Waals surface area contributed by atoms with Crippen molar-refractivity contribution in [2.24, 2.45) is 5.92 Å². The topological polar surface area (TPSA) is 122 Å². The van der Waals surface area contributed by atoms with Crippen LogP contribution in [0.15, 0.2) is 85.2 Å². The van der Waals surface area contributed by atoms with Crippen LogP contribution < -0.4 is 10.1 Å². The number of nitrogens with one attached hydrogen (secondary N) is 1. The van der Waals surface area contributed by atoms with Crippen LogP contribution in [0.4, 0.5) is 0 Å². The summed E-state index contributed by atoms with van der Waals surface area (Å²) in [5.74, 6) is -0.704. The van der Waals surface area contributed by atoms with Gasteiger partial charge in [-0.15, -0.1) is 0 Å². The molecule has 1 aromatic heterocycles. The van der Waals surface area contributed by atoms with E-state index >= 15 is 0 Å². The zero-order chi connectivity index (χ0) is 35.3. The number of ether oxygens (including phenoxy) is 1. The fourth-order valence-corrected chi connectivity index (χ4v) is 6.23. The highest BCUT2D eigenvalue weighted by Crippen LogP contribution is 2.24. The molecular weight excluding hydrogens is 628 g/mol. The fourth-order valence-electron chi connectivity index (χ4n) is 6.23. The number of carboxylic acid groups (broad SMARTS) is 1. The van der Waals surface area contributed by atoms with E-state index in [1.165, 1.54) is 25.7 Å². The van der Waals surface area contributed by atoms with Gasteiger partial charge in [0.25, 0.3) is 5.91 Å². The number of nitrogens with zero attached hydrogens (tertiary/aromatic N) is 3. The number of rotatable bonds is 17. The molecule has 5 rings (SSSR count). The predicted octanol–water partition coefficient (Wildman–Crippen LogP) is 7.39. The van der Waals surface area contributed by atoms with E-state index < -0.39 is 17.9 Å². The van der Waals surface area contributed by atoms with E-state index in [9.17, 15) is 19.5 Å². The van der Waals surface area contributed by atoms with Crippen LogP contribution in [0.25, 0.3) is 22.5 Å². The third-order valence-corrected chi connectivity index (χ3v) is 9.22. The van der Waals surface area contributed by atoms with Gasteiger partial charge in [0.05, 0.1) is 12.5 Å². The molecule has 50 heavy (non-hydrogen) atoms. The predicted molar refractivity (Wildman–Crippen MR) is 195 cm³/mol. The van der Waals surface area contributed by atoms with Crippen LogP contribution in [-0.2, 0) is 22.4 Å². The number of aryl methyl sites for hydroxylation is 1. The van der Waals surface area contributed by atoms with Crippen molar-refractivity contribution in [3.8, 4) is 28.3 Å². The Morgan fingerprint density at radius 3 is 2.12 bits per heavy atom. The molecule has 1 aliphatic heterocycles. The summed E-state index contributed by atoms with van der Waals surface area (Å²) in [6.45, 7) is 5.53. The normalized spacial score (nSPS) is 14.7. The molecule has 4 aromatic rings. The summed E-state index contributed by atoms with van der Waals surface area (Å²) < 4.78 is 5.90. The Labute approximate surface area is 295 Å². The molecule has 0 aliphatic carbocycles. The van der Waals surface area contributed by atoms with Gasteiger partial charge in [0, 0.05) is 48.6 Å². The quantitative estimate of drug-likeness (QED) is 0.112. The molecule has 9 nitrogen and oxygen atoms in total. The number of aliphatic carboxylic acids is 1. The van der Waals surface area contributed by atoms with Gasteiger partial charge >= 0.3 is 5.97 Å². The van der Waals surface area contributed by atoms with Crippen molar-refractivity contribution in [3.05, 3.63) is 102 Å². The monoisotopic (exact) mass is 676 g/mol. The number of carboxylic acids is 1. The van der Waals surface area contributed by atoms with Crippen LogP contribution in [0.3, 0.4) is 0 Å². The van der Waals surface area contributed by atoms with Gasteiger partial charge < -0.3 is 20.1 Å². The molecule has 3 aromatic carbocycles. The number of aromatic nitrogens is 2. The van der Waals surface area contributed by atoms with Crippen LogP contribution in [0.5, 0.6) is 5.75 Å². The van der Waals surface area contributed by atoms with E-state index in [1.807, 2.05) is 60.7 Å².